The largest absolute Gasteiger partial charge is 0.467 e. The van der Waals surface area contributed by atoms with Crippen molar-refractivity contribution in [3.63, 3.8) is 0 Å². The average Bonchev–Trinajstić information content (AvgIpc) is 2.89. The normalized spacial score (nSPS) is 12.2. The zero-order valence-electron chi connectivity index (χ0n) is 24.8. The number of halogens is 1. The summed E-state index contributed by atoms with van der Waals surface area (Å²) in [6.45, 7) is 7.78. The van der Waals surface area contributed by atoms with Gasteiger partial charge in [0.15, 0.2) is 0 Å². The predicted octanol–water partition coefficient (Wildman–Crippen LogP) is 5.61. The van der Waals surface area contributed by atoms with Crippen LogP contribution in [-0.2, 0) is 19.6 Å². The quantitative estimate of drug-likeness (QED) is 0.305. The summed E-state index contributed by atoms with van der Waals surface area (Å²) < 4.78 is 34.1. The lowest BCUT2D eigenvalue weighted by molar-refractivity contribution is -0.146. The van der Waals surface area contributed by atoms with Crippen LogP contribution in [0.4, 0.5) is 5.69 Å². The van der Waals surface area contributed by atoms with Gasteiger partial charge in [0, 0.05) is 29.9 Å². The molecule has 0 saturated carbocycles. The van der Waals surface area contributed by atoms with Crippen molar-refractivity contribution in [2.75, 3.05) is 39.5 Å². The van der Waals surface area contributed by atoms with Crippen molar-refractivity contribution in [1.82, 2.24) is 9.80 Å². The van der Waals surface area contributed by atoms with Gasteiger partial charge in [-0.2, -0.15) is 0 Å². The SMILES string of the molecule is COC(=O)[C@H](CCN(C)C)N(C)C(=O)c1c(C)cc(-c2cccc(NS(=O)(=O)c3cc(C)c(Cl)cc3C)c2)cc1C. The first-order valence-electron chi connectivity index (χ1n) is 13.2. The Balaban J connectivity index is 1.91. The van der Waals surface area contributed by atoms with Gasteiger partial charge < -0.3 is 14.5 Å². The van der Waals surface area contributed by atoms with Crippen LogP contribution in [0.5, 0.6) is 0 Å². The zero-order chi connectivity index (χ0) is 30.6. The Morgan fingerprint density at radius 3 is 2.12 bits per heavy atom. The number of nitrogens with one attached hydrogen (secondary N) is 1. The summed E-state index contributed by atoms with van der Waals surface area (Å²) in [5.74, 6) is -0.728. The molecule has 3 aromatic carbocycles. The number of likely N-dealkylation sites (N-methyl/N-ethyl adjacent to an activating group) is 1. The van der Waals surface area contributed by atoms with Crippen molar-refractivity contribution in [2.45, 2.75) is 45.1 Å². The third kappa shape index (κ3) is 7.47. The maximum atomic E-state index is 13.6. The van der Waals surface area contributed by atoms with Crippen molar-refractivity contribution >= 4 is 39.2 Å². The molecule has 0 spiro atoms. The van der Waals surface area contributed by atoms with Crippen molar-refractivity contribution in [2.24, 2.45) is 0 Å². The number of carbonyl (C=O) groups is 2. The van der Waals surface area contributed by atoms with Gasteiger partial charge in [0.05, 0.1) is 12.0 Å². The Bertz CT molecular complexity index is 1550. The number of carbonyl (C=O) groups excluding carboxylic acids is 2. The summed E-state index contributed by atoms with van der Waals surface area (Å²) in [6, 6.07) is 13.4. The molecule has 0 aromatic heterocycles. The van der Waals surface area contributed by atoms with E-state index in [1.165, 1.54) is 12.0 Å². The second-order valence-electron chi connectivity index (χ2n) is 10.6. The molecule has 0 aliphatic heterocycles. The fraction of sp³-hybridized carbons (Fsp3) is 0.355. The molecule has 3 rings (SSSR count). The standard InChI is InChI=1S/C31H38ClN3O5S/c1-19-17-28(20(2)16-26(19)32)41(38,39)33-25-11-9-10-23(18-25)24-14-21(3)29(22(4)15-24)30(36)35(7)27(31(37)40-8)12-13-34(5)6/h9-11,14-18,27,33H,12-13H2,1-8H3/t27-/m0/s1. The van der Waals surface area contributed by atoms with E-state index in [9.17, 15) is 18.0 Å². The van der Waals surface area contributed by atoms with E-state index in [2.05, 4.69) is 4.72 Å². The molecule has 1 amide bonds. The number of aryl methyl sites for hydroxylation is 4. The highest BCUT2D eigenvalue weighted by atomic mass is 35.5. The van der Waals surface area contributed by atoms with Crippen LogP contribution >= 0.6 is 11.6 Å². The van der Waals surface area contributed by atoms with Crippen LogP contribution in [0.1, 0.15) is 39.0 Å². The third-order valence-electron chi connectivity index (χ3n) is 7.05. The molecule has 0 radical (unpaired) electrons. The first-order valence-corrected chi connectivity index (χ1v) is 15.0. The molecule has 41 heavy (non-hydrogen) atoms. The Morgan fingerprint density at radius 1 is 0.902 bits per heavy atom. The lowest BCUT2D eigenvalue weighted by Gasteiger charge is -2.28. The summed E-state index contributed by atoms with van der Waals surface area (Å²) in [6.07, 6.45) is 0.440. The minimum absolute atomic E-state index is 0.166. The van der Waals surface area contributed by atoms with Gasteiger partial charge in [-0.1, -0.05) is 35.9 Å². The second-order valence-corrected chi connectivity index (χ2v) is 12.6. The van der Waals surface area contributed by atoms with Gasteiger partial charge in [0.2, 0.25) is 0 Å². The van der Waals surface area contributed by atoms with Crippen molar-refractivity contribution in [1.29, 1.82) is 0 Å². The van der Waals surface area contributed by atoms with Gasteiger partial charge in [-0.15, -0.1) is 0 Å². The molecule has 0 aliphatic carbocycles. The van der Waals surface area contributed by atoms with Gasteiger partial charge in [0.1, 0.15) is 6.04 Å². The topological polar surface area (TPSA) is 96.0 Å². The van der Waals surface area contributed by atoms with Crippen LogP contribution in [0.15, 0.2) is 53.4 Å². The van der Waals surface area contributed by atoms with Gasteiger partial charge in [-0.05, 0) is 106 Å². The molecular formula is C31H38ClN3O5S. The molecule has 3 aromatic rings. The highest BCUT2D eigenvalue weighted by Gasteiger charge is 2.30. The van der Waals surface area contributed by atoms with Crippen LogP contribution in [0, 0.1) is 27.7 Å². The molecule has 0 unspecified atom stereocenters. The smallest absolute Gasteiger partial charge is 0.328 e. The summed E-state index contributed by atoms with van der Waals surface area (Å²) in [5, 5.41) is 0.511. The molecule has 220 valence electrons. The van der Waals surface area contributed by atoms with E-state index in [4.69, 9.17) is 16.3 Å². The van der Waals surface area contributed by atoms with E-state index in [1.54, 1.807) is 51.2 Å². The first-order chi connectivity index (χ1) is 19.2. The number of amides is 1. The summed E-state index contributed by atoms with van der Waals surface area (Å²) in [5.41, 5.74) is 5.25. The van der Waals surface area contributed by atoms with Crippen LogP contribution in [0.3, 0.4) is 0 Å². The summed E-state index contributed by atoms with van der Waals surface area (Å²) in [7, 11) is 2.89. The second kappa shape index (κ2) is 13.1. The van der Waals surface area contributed by atoms with Crippen LogP contribution in [0.25, 0.3) is 11.1 Å². The van der Waals surface area contributed by atoms with Crippen molar-refractivity contribution in [3.8, 4) is 11.1 Å². The first kappa shape index (κ1) is 32.1. The number of benzene rings is 3. The maximum absolute atomic E-state index is 13.6. The highest BCUT2D eigenvalue weighted by Crippen LogP contribution is 2.30. The molecule has 0 saturated heterocycles. The third-order valence-corrected chi connectivity index (χ3v) is 8.98. The van der Waals surface area contributed by atoms with E-state index < -0.39 is 22.0 Å². The van der Waals surface area contributed by atoms with E-state index in [-0.39, 0.29) is 10.8 Å². The number of hydrogen-bond acceptors (Lipinski definition) is 6. The summed E-state index contributed by atoms with van der Waals surface area (Å²) in [4.78, 5) is 29.6. The lowest BCUT2D eigenvalue weighted by atomic mass is 9.94. The van der Waals surface area contributed by atoms with Gasteiger partial charge in [-0.3, -0.25) is 9.52 Å². The molecular weight excluding hydrogens is 562 g/mol. The molecule has 1 N–H and O–H groups in total. The fourth-order valence-corrected chi connectivity index (χ4v) is 6.37. The van der Waals surface area contributed by atoms with Crippen LogP contribution in [0.2, 0.25) is 5.02 Å². The molecule has 10 heteroatoms. The molecule has 0 fully saturated rings. The van der Waals surface area contributed by atoms with E-state index in [1.807, 2.05) is 51.0 Å². The number of sulfonamides is 1. The number of ether oxygens (including phenoxy) is 1. The minimum Gasteiger partial charge on any atom is -0.467 e. The van der Waals surface area contributed by atoms with Crippen LogP contribution in [-0.4, -0.2) is 70.9 Å². The Kier molecular flexibility index (Phi) is 10.2. The van der Waals surface area contributed by atoms with E-state index >= 15 is 0 Å². The van der Waals surface area contributed by atoms with Crippen molar-refractivity contribution in [3.05, 3.63) is 81.4 Å². The monoisotopic (exact) mass is 599 g/mol. The van der Waals surface area contributed by atoms with Gasteiger partial charge >= 0.3 is 5.97 Å². The molecule has 0 aliphatic rings. The van der Waals surface area contributed by atoms with Crippen LogP contribution < -0.4 is 4.72 Å². The predicted molar refractivity (Wildman–Crippen MR) is 164 cm³/mol. The summed E-state index contributed by atoms with van der Waals surface area (Å²) >= 11 is 6.16. The highest BCUT2D eigenvalue weighted by molar-refractivity contribution is 7.92. The van der Waals surface area contributed by atoms with Crippen molar-refractivity contribution < 1.29 is 22.7 Å². The Hall–Kier alpha value is -3.40. The lowest BCUT2D eigenvalue weighted by Crippen LogP contribution is -2.45. The number of nitrogens with zero attached hydrogens (tertiary/aromatic N) is 2. The number of hydrogen-bond donors (Lipinski definition) is 1. The fourth-order valence-electron chi connectivity index (χ4n) is 4.79. The molecule has 8 nitrogen and oxygen atoms in total. The zero-order valence-corrected chi connectivity index (χ0v) is 26.4. The van der Waals surface area contributed by atoms with Gasteiger partial charge in [-0.25, -0.2) is 13.2 Å². The average molecular weight is 600 g/mol. The number of esters is 1. The van der Waals surface area contributed by atoms with E-state index in [0.717, 1.165) is 22.3 Å². The number of anilines is 1. The number of methoxy groups -OCH3 is 1. The minimum atomic E-state index is -3.85. The molecule has 1 atom stereocenters. The Morgan fingerprint density at radius 2 is 1.54 bits per heavy atom. The molecule has 0 heterocycles. The van der Waals surface area contributed by atoms with Gasteiger partial charge in [0.25, 0.3) is 15.9 Å². The Labute approximate surface area is 248 Å². The maximum Gasteiger partial charge on any atom is 0.328 e. The molecule has 0 bridgehead atoms. The van der Waals surface area contributed by atoms with E-state index in [0.29, 0.717) is 40.4 Å². The number of rotatable bonds is 10.